The van der Waals surface area contributed by atoms with Gasteiger partial charge in [-0.3, -0.25) is 19.7 Å². The number of halogens is 1. The van der Waals surface area contributed by atoms with Crippen LogP contribution in [0.5, 0.6) is 0 Å². The SMILES string of the molecule is C=C(C)C(Cc1ccc([N+](=O)[O-])cc1)(C(=O)O)N1C(=O)C(NC(C)=O)C1S(=O)Cl. The Morgan fingerprint density at radius 3 is 2.31 bits per heavy atom. The fourth-order valence-electron chi connectivity index (χ4n) is 3.25. The Hall–Kier alpha value is -2.79. The highest BCUT2D eigenvalue weighted by Gasteiger charge is 2.62. The maximum Gasteiger partial charge on any atom is 0.334 e. The van der Waals surface area contributed by atoms with E-state index >= 15 is 0 Å². The molecule has 2 amide bonds. The van der Waals surface area contributed by atoms with E-state index in [0.717, 1.165) is 11.8 Å². The minimum atomic E-state index is -2.20. The molecule has 156 valence electrons. The molecule has 2 rings (SSSR count). The van der Waals surface area contributed by atoms with E-state index in [0.29, 0.717) is 5.56 Å². The summed E-state index contributed by atoms with van der Waals surface area (Å²) in [4.78, 5) is 47.5. The van der Waals surface area contributed by atoms with Crippen LogP contribution in [-0.4, -0.2) is 53.9 Å². The number of amides is 2. The third-order valence-electron chi connectivity index (χ3n) is 4.67. The number of nitro benzene ring substituents is 1. The second kappa shape index (κ2) is 8.29. The van der Waals surface area contributed by atoms with Crippen molar-refractivity contribution in [3.8, 4) is 0 Å². The molecule has 1 saturated heterocycles. The van der Waals surface area contributed by atoms with Crippen LogP contribution in [0, 0.1) is 10.1 Å². The minimum Gasteiger partial charge on any atom is -0.479 e. The standard InChI is InChI=1S/C17H18ClN3O7S/c1-9(2)17(16(24)25,8-11-4-6-12(7-5-11)21(26)27)20-14(23)13(19-10(3)22)15(20)29(18)28/h4-7,13,15H,1,8H2,2-3H3,(H,19,22)(H,24,25). The number of likely N-dealkylation sites (tertiary alicyclic amines) is 1. The van der Waals surface area contributed by atoms with Crippen LogP contribution < -0.4 is 5.32 Å². The van der Waals surface area contributed by atoms with Gasteiger partial charge in [-0.1, -0.05) is 18.7 Å². The second-order valence-electron chi connectivity index (χ2n) is 6.57. The Labute approximate surface area is 172 Å². The number of nitrogens with one attached hydrogen (secondary N) is 1. The number of aliphatic carboxylic acids is 1. The molecule has 1 fully saturated rings. The number of nitro groups is 1. The summed E-state index contributed by atoms with van der Waals surface area (Å²) >= 11 is 0. The second-order valence-corrected chi connectivity index (χ2v) is 8.46. The number of benzene rings is 1. The maximum absolute atomic E-state index is 12.7. The van der Waals surface area contributed by atoms with Gasteiger partial charge in [0.2, 0.25) is 5.91 Å². The number of rotatable bonds is 8. The van der Waals surface area contributed by atoms with E-state index in [1.165, 1.54) is 31.2 Å². The van der Waals surface area contributed by atoms with Crippen LogP contribution in [0.2, 0.25) is 0 Å². The summed E-state index contributed by atoms with van der Waals surface area (Å²) in [7, 11) is 3.52. The summed E-state index contributed by atoms with van der Waals surface area (Å²) in [6.07, 6.45) is -0.293. The summed E-state index contributed by atoms with van der Waals surface area (Å²) in [5, 5.41) is 21.9. The van der Waals surface area contributed by atoms with Crippen LogP contribution in [0.3, 0.4) is 0 Å². The topological polar surface area (TPSA) is 147 Å². The van der Waals surface area contributed by atoms with Crippen molar-refractivity contribution < 1.29 is 28.6 Å². The molecule has 0 saturated carbocycles. The number of non-ortho nitro benzene ring substituents is 1. The van der Waals surface area contributed by atoms with Crippen LogP contribution >= 0.6 is 10.7 Å². The van der Waals surface area contributed by atoms with E-state index in [-0.39, 0.29) is 17.7 Å². The quantitative estimate of drug-likeness (QED) is 0.201. The molecule has 1 aliphatic rings. The molecule has 10 nitrogen and oxygen atoms in total. The minimum absolute atomic E-state index is 0.0603. The van der Waals surface area contributed by atoms with Gasteiger partial charge in [0.1, 0.15) is 16.1 Å². The number of carbonyl (C=O) groups is 3. The molecule has 1 aliphatic heterocycles. The highest BCUT2D eigenvalue weighted by Crippen LogP contribution is 2.39. The van der Waals surface area contributed by atoms with Crippen LogP contribution in [-0.2, 0) is 30.8 Å². The molecule has 1 heterocycles. The number of hydrogen-bond acceptors (Lipinski definition) is 6. The number of carbonyl (C=O) groups excluding carboxylic acids is 2. The van der Waals surface area contributed by atoms with Crippen molar-refractivity contribution in [2.75, 3.05) is 0 Å². The predicted molar refractivity (Wildman–Crippen MR) is 104 cm³/mol. The molecule has 12 heteroatoms. The number of nitrogens with zero attached hydrogens (tertiary/aromatic N) is 2. The molecule has 4 atom stereocenters. The number of hydrogen-bond donors (Lipinski definition) is 2. The Morgan fingerprint density at radius 1 is 1.38 bits per heavy atom. The molecule has 2 N–H and O–H groups in total. The van der Waals surface area contributed by atoms with Crippen LogP contribution in [0.1, 0.15) is 19.4 Å². The lowest BCUT2D eigenvalue weighted by atomic mass is 9.80. The Kier molecular flexibility index (Phi) is 6.43. The lowest BCUT2D eigenvalue weighted by Crippen LogP contribution is -2.79. The Morgan fingerprint density at radius 2 is 1.93 bits per heavy atom. The number of carboxylic acid groups (broad SMARTS) is 1. The van der Waals surface area contributed by atoms with Gasteiger partial charge in [-0.25, -0.2) is 9.00 Å². The van der Waals surface area contributed by atoms with Gasteiger partial charge in [-0.2, -0.15) is 0 Å². The predicted octanol–water partition coefficient (Wildman–Crippen LogP) is 1.11. The summed E-state index contributed by atoms with van der Waals surface area (Å²) in [6.45, 7) is 6.25. The van der Waals surface area contributed by atoms with Crippen LogP contribution in [0.25, 0.3) is 0 Å². The lowest BCUT2D eigenvalue weighted by Gasteiger charge is -2.53. The fraction of sp³-hybridized carbons (Fsp3) is 0.353. The molecule has 0 aliphatic carbocycles. The zero-order valence-electron chi connectivity index (χ0n) is 15.5. The summed E-state index contributed by atoms with van der Waals surface area (Å²) < 4.78 is 12.1. The smallest absolute Gasteiger partial charge is 0.334 e. The van der Waals surface area contributed by atoms with Gasteiger partial charge in [-0.05, 0) is 28.7 Å². The monoisotopic (exact) mass is 443 g/mol. The molecular formula is C17H18ClN3O7S. The molecular weight excluding hydrogens is 426 g/mol. The Bertz CT molecular complexity index is 904. The van der Waals surface area contributed by atoms with Crippen molar-refractivity contribution in [1.82, 2.24) is 10.2 Å². The van der Waals surface area contributed by atoms with Gasteiger partial charge >= 0.3 is 5.97 Å². The van der Waals surface area contributed by atoms with E-state index in [1.54, 1.807) is 0 Å². The highest BCUT2D eigenvalue weighted by atomic mass is 35.7. The van der Waals surface area contributed by atoms with Gasteiger partial charge in [0.15, 0.2) is 10.9 Å². The fourth-order valence-corrected chi connectivity index (χ4v) is 4.64. The van der Waals surface area contributed by atoms with E-state index in [1.807, 2.05) is 0 Å². The molecule has 29 heavy (non-hydrogen) atoms. The molecule has 0 spiro atoms. The molecule has 1 aromatic rings. The molecule has 0 bridgehead atoms. The highest BCUT2D eigenvalue weighted by molar-refractivity contribution is 8.08. The average Bonchev–Trinajstić information content (AvgIpc) is 2.61. The third kappa shape index (κ3) is 4.01. The summed E-state index contributed by atoms with van der Waals surface area (Å²) in [5.41, 5.74) is -1.77. The molecule has 1 aromatic carbocycles. The molecule has 0 radical (unpaired) electrons. The third-order valence-corrected chi connectivity index (χ3v) is 6.08. The largest absolute Gasteiger partial charge is 0.479 e. The lowest BCUT2D eigenvalue weighted by molar-refractivity contribution is -0.384. The van der Waals surface area contributed by atoms with Gasteiger partial charge in [0.05, 0.1) is 4.92 Å². The Balaban J connectivity index is 2.52. The zero-order chi connectivity index (χ0) is 22.1. The van der Waals surface area contributed by atoms with E-state index in [9.17, 15) is 33.8 Å². The first kappa shape index (κ1) is 22.5. The normalized spacial score (nSPS) is 21.5. The van der Waals surface area contributed by atoms with Crippen molar-refractivity contribution in [2.45, 2.75) is 37.2 Å². The first-order valence-corrected chi connectivity index (χ1v) is 10.3. The van der Waals surface area contributed by atoms with Crippen molar-refractivity contribution in [3.05, 3.63) is 52.1 Å². The van der Waals surface area contributed by atoms with Crippen molar-refractivity contribution in [3.63, 3.8) is 0 Å². The van der Waals surface area contributed by atoms with Gasteiger partial charge in [-0.15, -0.1) is 0 Å². The first-order chi connectivity index (χ1) is 13.4. The van der Waals surface area contributed by atoms with E-state index in [4.69, 9.17) is 10.7 Å². The van der Waals surface area contributed by atoms with Gasteiger partial charge in [0.25, 0.3) is 11.6 Å². The van der Waals surface area contributed by atoms with E-state index < -0.39 is 49.7 Å². The van der Waals surface area contributed by atoms with Crippen molar-refractivity contribution >= 4 is 44.2 Å². The average molecular weight is 444 g/mol. The maximum atomic E-state index is 12.7. The van der Waals surface area contributed by atoms with Crippen LogP contribution in [0.15, 0.2) is 36.4 Å². The van der Waals surface area contributed by atoms with Crippen molar-refractivity contribution in [2.24, 2.45) is 0 Å². The van der Waals surface area contributed by atoms with Crippen LogP contribution in [0.4, 0.5) is 5.69 Å². The van der Waals surface area contributed by atoms with E-state index in [2.05, 4.69) is 11.9 Å². The first-order valence-electron chi connectivity index (χ1n) is 8.23. The number of β-lactam (4-membered cyclic amide) rings is 1. The van der Waals surface area contributed by atoms with Crippen molar-refractivity contribution in [1.29, 1.82) is 0 Å². The molecule has 0 aromatic heterocycles. The van der Waals surface area contributed by atoms with Gasteiger partial charge < -0.3 is 15.3 Å². The van der Waals surface area contributed by atoms with Gasteiger partial charge in [0, 0.05) is 25.5 Å². The zero-order valence-corrected chi connectivity index (χ0v) is 17.0. The summed E-state index contributed by atoms with van der Waals surface area (Å²) in [5.74, 6) is -2.78. The summed E-state index contributed by atoms with van der Waals surface area (Å²) in [6, 6.07) is 3.90. The molecule has 4 unspecified atom stereocenters. The number of carboxylic acids is 1.